The maximum absolute atomic E-state index is 13.2. The number of carbonyl (C=O) groups excluding carboxylic acids is 2. The first-order chi connectivity index (χ1) is 13.4. The van der Waals surface area contributed by atoms with Gasteiger partial charge in [0.2, 0.25) is 11.8 Å². The van der Waals surface area contributed by atoms with Crippen molar-refractivity contribution in [3.63, 3.8) is 0 Å². The average molecular weight is 388 g/mol. The van der Waals surface area contributed by atoms with Crippen LogP contribution in [0.4, 0.5) is 14.5 Å². The number of methoxy groups -OCH3 is 1. The van der Waals surface area contributed by atoms with Crippen molar-refractivity contribution in [1.29, 1.82) is 0 Å². The Hall–Kier alpha value is -2.96. The van der Waals surface area contributed by atoms with Crippen molar-refractivity contribution >= 4 is 17.5 Å². The van der Waals surface area contributed by atoms with Crippen LogP contribution in [0, 0.1) is 24.5 Å². The zero-order valence-electron chi connectivity index (χ0n) is 15.8. The second-order valence-electron chi connectivity index (χ2n) is 6.90. The lowest BCUT2D eigenvalue weighted by atomic mass is 10.1. The SMILES string of the molecule is COc1ccc(C)cc1N1CC(C(=O)NCCc2cc(F)cc(F)c2)CC1=O. The molecule has 1 unspecified atom stereocenters. The number of halogens is 2. The molecule has 0 aliphatic carbocycles. The first-order valence-corrected chi connectivity index (χ1v) is 9.05. The lowest BCUT2D eigenvalue weighted by Gasteiger charge is -2.20. The number of hydrogen-bond donors (Lipinski definition) is 1. The van der Waals surface area contributed by atoms with Gasteiger partial charge in [0, 0.05) is 25.6 Å². The molecular weight excluding hydrogens is 366 g/mol. The third-order valence-electron chi connectivity index (χ3n) is 4.76. The number of anilines is 1. The smallest absolute Gasteiger partial charge is 0.227 e. The predicted octanol–water partition coefficient (Wildman–Crippen LogP) is 2.99. The van der Waals surface area contributed by atoms with Gasteiger partial charge in [0.15, 0.2) is 0 Å². The Balaban J connectivity index is 1.60. The van der Waals surface area contributed by atoms with Crippen LogP contribution in [0.5, 0.6) is 5.75 Å². The molecule has 1 atom stereocenters. The Kier molecular flexibility index (Phi) is 5.92. The van der Waals surface area contributed by atoms with E-state index in [1.807, 2.05) is 19.1 Å². The molecule has 148 valence electrons. The molecule has 2 amide bonds. The van der Waals surface area contributed by atoms with Crippen LogP contribution in [0.25, 0.3) is 0 Å². The van der Waals surface area contributed by atoms with Crippen LogP contribution in [0.15, 0.2) is 36.4 Å². The van der Waals surface area contributed by atoms with E-state index in [4.69, 9.17) is 4.74 Å². The number of ether oxygens (including phenoxy) is 1. The lowest BCUT2D eigenvalue weighted by molar-refractivity contribution is -0.126. The molecule has 0 bridgehead atoms. The zero-order valence-corrected chi connectivity index (χ0v) is 15.8. The normalized spacial score (nSPS) is 16.4. The van der Waals surface area contributed by atoms with E-state index in [-0.39, 0.29) is 31.3 Å². The van der Waals surface area contributed by atoms with E-state index in [9.17, 15) is 18.4 Å². The average Bonchev–Trinajstić information content (AvgIpc) is 3.02. The summed E-state index contributed by atoms with van der Waals surface area (Å²) in [4.78, 5) is 26.5. The molecule has 0 radical (unpaired) electrons. The van der Waals surface area contributed by atoms with Crippen molar-refractivity contribution in [2.24, 2.45) is 5.92 Å². The number of carbonyl (C=O) groups is 2. The van der Waals surface area contributed by atoms with E-state index < -0.39 is 17.6 Å². The monoisotopic (exact) mass is 388 g/mol. The molecule has 7 heteroatoms. The minimum absolute atomic E-state index is 0.109. The second kappa shape index (κ2) is 8.37. The summed E-state index contributed by atoms with van der Waals surface area (Å²) in [6, 6.07) is 8.82. The Morgan fingerprint density at radius 2 is 1.93 bits per heavy atom. The van der Waals surface area contributed by atoms with Gasteiger partial charge in [-0.1, -0.05) is 6.07 Å². The topological polar surface area (TPSA) is 58.6 Å². The summed E-state index contributed by atoms with van der Waals surface area (Å²) >= 11 is 0. The van der Waals surface area contributed by atoms with Gasteiger partial charge in [0.1, 0.15) is 17.4 Å². The third kappa shape index (κ3) is 4.47. The molecule has 3 rings (SSSR count). The largest absolute Gasteiger partial charge is 0.495 e. The van der Waals surface area contributed by atoms with Crippen LogP contribution in [0.1, 0.15) is 17.5 Å². The zero-order chi connectivity index (χ0) is 20.3. The molecular formula is C21H22F2N2O3. The van der Waals surface area contributed by atoms with E-state index in [0.29, 0.717) is 23.4 Å². The molecule has 2 aromatic rings. The molecule has 1 fully saturated rings. The van der Waals surface area contributed by atoms with Gasteiger partial charge in [0.05, 0.1) is 18.7 Å². The quantitative estimate of drug-likeness (QED) is 0.828. The van der Waals surface area contributed by atoms with Crippen LogP contribution in [0.2, 0.25) is 0 Å². The van der Waals surface area contributed by atoms with Crippen molar-refractivity contribution in [2.75, 3.05) is 25.1 Å². The standard InChI is InChI=1S/C21H22F2N2O3/c1-13-3-4-19(28-2)18(7-13)25-12-15(10-20(25)26)21(27)24-6-5-14-8-16(22)11-17(23)9-14/h3-4,7-9,11,15H,5-6,10,12H2,1-2H3,(H,24,27). The van der Waals surface area contributed by atoms with Gasteiger partial charge in [-0.3, -0.25) is 9.59 Å². The van der Waals surface area contributed by atoms with Gasteiger partial charge in [-0.25, -0.2) is 8.78 Å². The van der Waals surface area contributed by atoms with Gasteiger partial charge in [-0.2, -0.15) is 0 Å². The highest BCUT2D eigenvalue weighted by Gasteiger charge is 2.36. The maximum atomic E-state index is 13.2. The minimum atomic E-state index is -0.648. The molecule has 1 aliphatic heterocycles. The minimum Gasteiger partial charge on any atom is -0.495 e. The highest BCUT2D eigenvalue weighted by atomic mass is 19.1. The lowest BCUT2D eigenvalue weighted by Crippen LogP contribution is -2.34. The van der Waals surface area contributed by atoms with Crippen LogP contribution < -0.4 is 15.0 Å². The summed E-state index contributed by atoms with van der Waals surface area (Å²) in [5.74, 6) is -1.60. The highest BCUT2D eigenvalue weighted by molar-refractivity contribution is 6.01. The summed E-state index contributed by atoms with van der Waals surface area (Å²) in [6.07, 6.45) is 0.411. The van der Waals surface area contributed by atoms with Crippen molar-refractivity contribution in [1.82, 2.24) is 5.32 Å². The van der Waals surface area contributed by atoms with Crippen molar-refractivity contribution < 1.29 is 23.1 Å². The molecule has 1 heterocycles. The number of rotatable bonds is 6. The Bertz CT molecular complexity index is 881. The van der Waals surface area contributed by atoms with Gasteiger partial charge >= 0.3 is 0 Å². The van der Waals surface area contributed by atoms with E-state index in [1.165, 1.54) is 19.2 Å². The molecule has 28 heavy (non-hydrogen) atoms. The van der Waals surface area contributed by atoms with E-state index >= 15 is 0 Å². The van der Waals surface area contributed by atoms with Crippen LogP contribution in [-0.2, 0) is 16.0 Å². The molecule has 5 nitrogen and oxygen atoms in total. The maximum Gasteiger partial charge on any atom is 0.227 e. The van der Waals surface area contributed by atoms with E-state index in [1.54, 1.807) is 11.0 Å². The number of aryl methyl sites for hydroxylation is 1. The summed E-state index contributed by atoms with van der Waals surface area (Å²) in [7, 11) is 1.54. The van der Waals surface area contributed by atoms with Gasteiger partial charge in [0.25, 0.3) is 0 Å². The molecule has 1 aliphatic rings. The number of nitrogens with zero attached hydrogens (tertiary/aromatic N) is 1. The second-order valence-corrected chi connectivity index (χ2v) is 6.90. The molecule has 0 saturated carbocycles. The fraction of sp³-hybridized carbons (Fsp3) is 0.333. The fourth-order valence-electron chi connectivity index (χ4n) is 3.36. The van der Waals surface area contributed by atoms with E-state index in [2.05, 4.69) is 5.32 Å². The summed E-state index contributed by atoms with van der Waals surface area (Å²) < 4.78 is 31.8. The van der Waals surface area contributed by atoms with Crippen molar-refractivity contribution in [2.45, 2.75) is 19.8 Å². The Labute approximate surface area is 162 Å². The van der Waals surface area contributed by atoms with Gasteiger partial charge in [-0.05, 0) is 48.7 Å². The summed E-state index contributed by atoms with van der Waals surface area (Å²) in [6.45, 7) is 2.42. The fourth-order valence-corrected chi connectivity index (χ4v) is 3.36. The number of hydrogen-bond acceptors (Lipinski definition) is 3. The molecule has 2 aromatic carbocycles. The summed E-state index contributed by atoms with van der Waals surface area (Å²) in [5.41, 5.74) is 2.10. The first-order valence-electron chi connectivity index (χ1n) is 9.05. The van der Waals surface area contributed by atoms with Gasteiger partial charge in [-0.15, -0.1) is 0 Å². The number of benzene rings is 2. The Morgan fingerprint density at radius 1 is 1.21 bits per heavy atom. The predicted molar refractivity (Wildman–Crippen MR) is 101 cm³/mol. The van der Waals surface area contributed by atoms with Crippen LogP contribution in [-0.4, -0.2) is 32.0 Å². The van der Waals surface area contributed by atoms with Crippen molar-refractivity contribution in [3.05, 3.63) is 59.2 Å². The molecule has 1 saturated heterocycles. The Morgan fingerprint density at radius 3 is 2.61 bits per heavy atom. The van der Waals surface area contributed by atoms with Crippen molar-refractivity contribution in [3.8, 4) is 5.75 Å². The summed E-state index contributed by atoms with van der Waals surface area (Å²) in [5, 5.41) is 2.75. The van der Waals surface area contributed by atoms with Crippen LogP contribution >= 0.6 is 0 Å². The molecule has 1 N–H and O–H groups in total. The van der Waals surface area contributed by atoms with E-state index in [0.717, 1.165) is 11.6 Å². The molecule has 0 aromatic heterocycles. The number of nitrogens with one attached hydrogen (secondary N) is 1. The highest BCUT2D eigenvalue weighted by Crippen LogP contribution is 2.33. The number of amides is 2. The third-order valence-corrected chi connectivity index (χ3v) is 4.76. The van der Waals surface area contributed by atoms with Crippen LogP contribution in [0.3, 0.4) is 0 Å². The molecule has 0 spiro atoms. The first kappa shape index (κ1) is 19.8. The van der Waals surface area contributed by atoms with Gasteiger partial charge < -0.3 is 15.0 Å².